The summed E-state index contributed by atoms with van der Waals surface area (Å²) in [5.74, 6) is -0.744. The molecule has 0 aliphatic rings. The maximum atomic E-state index is 12.7. The number of methoxy groups -OCH3 is 1. The van der Waals surface area contributed by atoms with E-state index < -0.39 is 31.5 Å². The Bertz CT molecular complexity index is 1450. The molecule has 0 aliphatic carbocycles. The van der Waals surface area contributed by atoms with Gasteiger partial charge in [0.1, 0.15) is 4.90 Å². The van der Waals surface area contributed by atoms with E-state index in [2.05, 4.69) is 26.5 Å². The largest absolute Gasteiger partial charge is 0.493 e. The van der Waals surface area contributed by atoms with E-state index in [1.54, 1.807) is 0 Å². The summed E-state index contributed by atoms with van der Waals surface area (Å²) in [4.78, 5) is 22.1. The maximum Gasteiger partial charge on any atom is 0.339 e. The molecule has 0 bridgehead atoms. The Labute approximate surface area is 217 Å². The summed E-state index contributed by atoms with van der Waals surface area (Å²) < 4.78 is 36.0. The van der Waals surface area contributed by atoms with Gasteiger partial charge in [-0.15, -0.1) is 0 Å². The molecule has 1 N–H and O–H groups in total. The van der Waals surface area contributed by atoms with Crippen LogP contribution in [0.4, 0.5) is 5.69 Å². The van der Waals surface area contributed by atoms with Crippen LogP contribution in [0.3, 0.4) is 0 Å². The molecule has 10 nitrogen and oxygen atoms in total. The molecule has 0 spiro atoms. The van der Waals surface area contributed by atoms with Crippen molar-refractivity contribution in [1.29, 1.82) is 0 Å². The molecule has 3 rings (SSSR count). The van der Waals surface area contributed by atoms with Gasteiger partial charge in [0, 0.05) is 17.2 Å². The molecule has 0 saturated carbocycles. The predicted molar refractivity (Wildman–Crippen MR) is 133 cm³/mol. The Hall–Kier alpha value is -3.19. The number of benzene rings is 3. The molecule has 0 radical (unpaired) electrons. The number of carbonyl (C=O) groups excluding carboxylic acids is 1. The fourth-order valence-corrected chi connectivity index (χ4v) is 4.84. The summed E-state index contributed by atoms with van der Waals surface area (Å²) in [6, 6.07) is 11.7. The fraction of sp³-hybridized carbons (Fsp3) is 0.0476. The number of carbonyl (C=O) groups is 1. The average molecular weight is 603 g/mol. The van der Waals surface area contributed by atoms with Crippen molar-refractivity contribution in [3.63, 3.8) is 0 Å². The molecule has 3 aromatic carbocycles. The van der Waals surface area contributed by atoms with E-state index in [0.717, 1.165) is 12.1 Å². The smallest absolute Gasteiger partial charge is 0.339 e. The molecule has 0 unspecified atom stereocenters. The highest BCUT2D eigenvalue weighted by molar-refractivity contribution is 9.10. The number of hydrazone groups is 1. The first-order chi connectivity index (χ1) is 16.5. The van der Waals surface area contributed by atoms with E-state index in [-0.39, 0.29) is 26.6 Å². The fourth-order valence-electron chi connectivity index (χ4n) is 2.70. The quantitative estimate of drug-likeness (QED) is 0.162. The Morgan fingerprint density at radius 1 is 1.17 bits per heavy atom. The van der Waals surface area contributed by atoms with Gasteiger partial charge in [-0.1, -0.05) is 29.3 Å². The van der Waals surface area contributed by atoms with Crippen LogP contribution in [0.5, 0.6) is 11.5 Å². The number of halogens is 3. The SMILES string of the molecule is COc1cc(/C=N\NC(=O)c2ccc(Cl)cc2Cl)cc(Br)c1OS(=O)(=O)c1cccc([N+](=O)[O-])c1. The summed E-state index contributed by atoms with van der Waals surface area (Å²) in [6.07, 6.45) is 1.29. The Balaban J connectivity index is 1.82. The van der Waals surface area contributed by atoms with Crippen molar-refractivity contribution in [2.75, 3.05) is 7.11 Å². The molecule has 0 atom stereocenters. The van der Waals surface area contributed by atoms with E-state index in [4.69, 9.17) is 32.1 Å². The third kappa shape index (κ3) is 6.48. The Kier molecular flexibility index (Phi) is 8.33. The van der Waals surface area contributed by atoms with Gasteiger partial charge in [0.25, 0.3) is 11.6 Å². The molecule has 35 heavy (non-hydrogen) atoms. The summed E-state index contributed by atoms with van der Waals surface area (Å²) in [7, 11) is -3.14. The van der Waals surface area contributed by atoms with Gasteiger partial charge in [-0.2, -0.15) is 13.5 Å². The molecule has 182 valence electrons. The van der Waals surface area contributed by atoms with E-state index in [1.807, 2.05) is 0 Å². The van der Waals surface area contributed by atoms with Gasteiger partial charge in [0.15, 0.2) is 11.5 Å². The number of nitrogens with one attached hydrogen (secondary N) is 1. The van der Waals surface area contributed by atoms with Crippen LogP contribution < -0.4 is 14.3 Å². The van der Waals surface area contributed by atoms with E-state index in [0.29, 0.717) is 10.6 Å². The number of hydrogen-bond donors (Lipinski definition) is 1. The predicted octanol–water partition coefficient (Wildman–Crippen LogP) is 5.20. The van der Waals surface area contributed by atoms with Crippen molar-refractivity contribution in [3.8, 4) is 11.5 Å². The third-order valence-corrected chi connectivity index (χ3v) is 6.67. The van der Waals surface area contributed by atoms with Crippen LogP contribution >= 0.6 is 39.1 Å². The lowest BCUT2D eigenvalue weighted by Crippen LogP contribution is -2.18. The number of nitrogens with zero attached hydrogens (tertiary/aromatic N) is 2. The van der Waals surface area contributed by atoms with Gasteiger partial charge < -0.3 is 8.92 Å². The zero-order valence-electron chi connectivity index (χ0n) is 17.6. The number of ether oxygens (including phenoxy) is 1. The molecule has 0 aliphatic heterocycles. The first-order valence-corrected chi connectivity index (χ1v) is 12.3. The minimum atomic E-state index is -4.43. The Morgan fingerprint density at radius 3 is 2.57 bits per heavy atom. The van der Waals surface area contributed by atoms with Gasteiger partial charge in [0.2, 0.25) is 0 Å². The number of hydrogen-bond acceptors (Lipinski definition) is 8. The van der Waals surface area contributed by atoms with Gasteiger partial charge >= 0.3 is 10.1 Å². The van der Waals surface area contributed by atoms with Crippen LogP contribution in [-0.4, -0.2) is 32.6 Å². The molecule has 0 aromatic heterocycles. The van der Waals surface area contributed by atoms with Crippen molar-refractivity contribution >= 4 is 67.1 Å². The topological polar surface area (TPSA) is 137 Å². The first-order valence-electron chi connectivity index (χ1n) is 9.37. The standard InChI is InChI=1S/C21H14BrCl2N3O7S/c1-33-19-8-12(11-25-26-21(28)16-6-5-13(23)9-18(16)24)7-17(22)20(19)34-35(31,32)15-4-2-3-14(10-15)27(29)30/h2-11H,1H3,(H,26,28)/b25-11-. The molecule has 0 fully saturated rings. The molecule has 0 saturated heterocycles. The van der Waals surface area contributed by atoms with Crippen LogP contribution in [-0.2, 0) is 10.1 Å². The molecule has 14 heteroatoms. The van der Waals surface area contributed by atoms with Gasteiger partial charge in [-0.05, 0) is 57.9 Å². The molecule has 3 aromatic rings. The number of non-ortho nitro benzene ring substituents is 1. The number of rotatable bonds is 8. The second-order valence-electron chi connectivity index (χ2n) is 6.65. The minimum absolute atomic E-state index is 0.0157. The summed E-state index contributed by atoms with van der Waals surface area (Å²) in [6.45, 7) is 0. The lowest BCUT2D eigenvalue weighted by Gasteiger charge is -2.13. The molecule has 0 heterocycles. The number of nitro benzene ring substituents is 1. The van der Waals surface area contributed by atoms with Crippen LogP contribution in [0.2, 0.25) is 10.0 Å². The van der Waals surface area contributed by atoms with Crippen molar-refractivity contribution < 1.29 is 27.1 Å². The van der Waals surface area contributed by atoms with E-state index in [1.165, 1.54) is 55.8 Å². The zero-order valence-corrected chi connectivity index (χ0v) is 21.5. The molecule has 1 amide bonds. The van der Waals surface area contributed by atoms with Gasteiger partial charge in [0.05, 0.1) is 33.3 Å². The van der Waals surface area contributed by atoms with Crippen molar-refractivity contribution in [3.05, 3.63) is 90.4 Å². The van der Waals surface area contributed by atoms with Crippen molar-refractivity contribution in [1.82, 2.24) is 5.43 Å². The minimum Gasteiger partial charge on any atom is -0.493 e. The number of amides is 1. The maximum absolute atomic E-state index is 12.7. The Morgan fingerprint density at radius 2 is 1.91 bits per heavy atom. The van der Waals surface area contributed by atoms with Gasteiger partial charge in [-0.25, -0.2) is 5.43 Å². The first kappa shape index (κ1) is 26.4. The highest BCUT2D eigenvalue weighted by Gasteiger charge is 2.24. The lowest BCUT2D eigenvalue weighted by molar-refractivity contribution is -0.385. The summed E-state index contributed by atoms with van der Waals surface area (Å²) in [5, 5.41) is 15.4. The second kappa shape index (κ2) is 11.0. The van der Waals surface area contributed by atoms with Crippen molar-refractivity contribution in [2.24, 2.45) is 5.10 Å². The highest BCUT2D eigenvalue weighted by atomic mass is 79.9. The third-order valence-electron chi connectivity index (χ3n) is 4.32. The summed E-state index contributed by atoms with van der Waals surface area (Å²) in [5.41, 5.74) is 2.49. The molecular formula is C21H14BrCl2N3O7S. The molecular weight excluding hydrogens is 589 g/mol. The zero-order chi connectivity index (χ0) is 25.8. The normalized spacial score (nSPS) is 11.3. The van der Waals surface area contributed by atoms with Crippen LogP contribution in [0.25, 0.3) is 0 Å². The monoisotopic (exact) mass is 601 g/mol. The second-order valence-corrected chi connectivity index (χ2v) is 9.89. The highest BCUT2D eigenvalue weighted by Crippen LogP contribution is 2.38. The number of nitro groups is 1. The lowest BCUT2D eigenvalue weighted by atomic mass is 10.2. The van der Waals surface area contributed by atoms with Crippen molar-refractivity contribution in [2.45, 2.75) is 4.90 Å². The van der Waals surface area contributed by atoms with Crippen LogP contribution in [0, 0.1) is 10.1 Å². The van der Waals surface area contributed by atoms with E-state index >= 15 is 0 Å². The van der Waals surface area contributed by atoms with Gasteiger partial charge in [-0.3, -0.25) is 14.9 Å². The average Bonchev–Trinajstić information content (AvgIpc) is 2.80. The van der Waals surface area contributed by atoms with Crippen LogP contribution in [0.15, 0.2) is 69.1 Å². The summed E-state index contributed by atoms with van der Waals surface area (Å²) >= 11 is 15.0. The van der Waals surface area contributed by atoms with E-state index in [9.17, 15) is 23.3 Å². The van der Waals surface area contributed by atoms with Crippen LogP contribution in [0.1, 0.15) is 15.9 Å².